The number of aryl methyl sites for hydroxylation is 2. The Morgan fingerprint density at radius 3 is 2.34 bits per heavy atom. The Bertz CT molecular complexity index is 841. The van der Waals surface area contributed by atoms with Gasteiger partial charge in [0.05, 0.1) is 12.2 Å². The molecule has 1 saturated heterocycles. The van der Waals surface area contributed by atoms with E-state index in [-0.39, 0.29) is 18.0 Å². The third kappa shape index (κ3) is 5.22. The number of carbonyl (C=O) groups excluding carboxylic acids is 2. The Kier molecular flexibility index (Phi) is 6.64. The van der Waals surface area contributed by atoms with Crippen molar-refractivity contribution in [2.45, 2.75) is 39.7 Å². The van der Waals surface area contributed by atoms with Crippen LogP contribution in [0.1, 0.15) is 41.3 Å². The number of amides is 2. The molecule has 2 amide bonds. The van der Waals surface area contributed by atoms with Crippen molar-refractivity contribution in [3.05, 3.63) is 47.3 Å². The molecule has 0 spiro atoms. The van der Waals surface area contributed by atoms with Gasteiger partial charge in [0.15, 0.2) is 0 Å². The molecule has 1 aliphatic rings. The molecule has 154 valence electrons. The van der Waals surface area contributed by atoms with E-state index < -0.39 is 0 Å². The van der Waals surface area contributed by atoms with E-state index in [0.29, 0.717) is 31.2 Å². The maximum atomic E-state index is 12.5. The van der Waals surface area contributed by atoms with Crippen LogP contribution in [0.25, 0.3) is 0 Å². The minimum atomic E-state index is -0.263. The number of aromatic nitrogens is 2. The summed E-state index contributed by atoms with van der Waals surface area (Å²) in [6, 6.07) is 6.05. The molecule has 0 atom stereocenters. The van der Waals surface area contributed by atoms with E-state index in [9.17, 15) is 9.59 Å². The second kappa shape index (κ2) is 9.36. The van der Waals surface area contributed by atoms with Crippen molar-refractivity contribution in [3.63, 3.8) is 0 Å². The summed E-state index contributed by atoms with van der Waals surface area (Å²) in [4.78, 5) is 34.5. The van der Waals surface area contributed by atoms with Gasteiger partial charge in [0, 0.05) is 37.2 Å². The van der Waals surface area contributed by atoms with Gasteiger partial charge in [-0.3, -0.25) is 4.79 Å². The molecule has 0 bridgehead atoms. The van der Waals surface area contributed by atoms with Gasteiger partial charge in [0.1, 0.15) is 0 Å². The molecule has 2 N–H and O–H groups in total. The third-order valence-corrected chi connectivity index (χ3v) is 4.99. The lowest BCUT2D eigenvalue weighted by atomic mass is 10.1. The first-order chi connectivity index (χ1) is 14.0. The first kappa shape index (κ1) is 20.6. The van der Waals surface area contributed by atoms with Crippen LogP contribution in [-0.2, 0) is 4.74 Å². The van der Waals surface area contributed by atoms with E-state index in [1.54, 1.807) is 11.8 Å². The second-order valence-corrected chi connectivity index (χ2v) is 7.12. The number of carbonyl (C=O) groups is 2. The highest BCUT2D eigenvalue weighted by Crippen LogP contribution is 2.20. The van der Waals surface area contributed by atoms with Gasteiger partial charge in [0.25, 0.3) is 5.91 Å². The molecule has 2 heterocycles. The molecule has 0 radical (unpaired) electrons. The van der Waals surface area contributed by atoms with E-state index in [1.807, 2.05) is 32.0 Å². The van der Waals surface area contributed by atoms with Crippen LogP contribution in [0, 0.1) is 13.8 Å². The fraction of sp³-hybridized carbons (Fsp3) is 0.429. The number of anilines is 2. The van der Waals surface area contributed by atoms with Crippen LogP contribution < -0.4 is 10.6 Å². The number of likely N-dealkylation sites (tertiary alicyclic amines) is 1. The largest absolute Gasteiger partial charge is 0.450 e. The smallest absolute Gasteiger partial charge is 0.409 e. The SMILES string of the molecule is CCOC(=O)N1CCC(Nc2ncc(C(=O)Nc3c(C)cccc3C)cn2)CC1. The van der Waals surface area contributed by atoms with E-state index >= 15 is 0 Å². The van der Waals surface area contributed by atoms with Gasteiger partial charge in [-0.2, -0.15) is 0 Å². The van der Waals surface area contributed by atoms with Crippen molar-refractivity contribution in [1.29, 1.82) is 0 Å². The van der Waals surface area contributed by atoms with Gasteiger partial charge in [-0.1, -0.05) is 18.2 Å². The predicted octanol–water partition coefficient (Wildman–Crippen LogP) is 3.38. The van der Waals surface area contributed by atoms with Crippen molar-refractivity contribution in [2.75, 3.05) is 30.3 Å². The van der Waals surface area contributed by atoms with Gasteiger partial charge >= 0.3 is 6.09 Å². The lowest BCUT2D eigenvalue weighted by molar-refractivity contribution is 0.0982. The van der Waals surface area contributed by atoms with Crippen LogP contribution in [0.3, 0.4) is 0 Å². The van der Waals surface area contributed by atoms with Gasteiger partial charge in [-0.05, 0) is 44.7 Å². The van der Waals surface area contributed by atoms with Crippen molar-refractivity contribution >= 4 is 23.6 Å². The number of benzene rings is 1. The number of nitrogens with one attached hydrogen (secondary N) is 2. The van der Waals surface area contributed by atoms with Crippen molar-refractivity contribution in [3.8, 4) is 0 Å². The number of ether oxygens (including phenoxy) is 1. The Morgan fingerprint density at radius 1 is 1.14 bits per heavy atom. The molecule has 29 heavy (non-hydrogen) atoms. The molecule has 3 rings (SSSR count). The summed E-state index contributed by atoms with van der Waals surface area (Å²) < 4.78 is 5.03. The molecule has 0 aliphatic carbocycles. The maximum absolute atomic E-state index is 12.5. The van der Waals surface area contributed by atoms with Crippen molar-refractivity contribution in [2.24, 2.45) is 0 Å². The zero-order chi connectivity index (χ0) is 20.8. The van der Waals surface area contributed by atoms with E-state index in [1.165, 1.54) is 12.4 Å². The first-order valence-electron chi connectivity index (χ1n) is 9.85. The summed E-state index contributed by atoms with van der Waals surface area (Å²) in [5.41, 5.74) is 3.22. The molecule has 1 fully saturated rings. The minimum absolute atomic E-state index is 0.176. The number of nitrogens with zero attached hydrogens (tertiary/aromatic N) is 3. The summed E-state index contributed by atoms with van der Waals surface area (Å²) >= 11 is 0. The zero-order valence-corrected chi connectivity index (χ0v) is 17.1. The highest BCUT2D eigenvalue weighted by atomic mass is 16.6. The van der Waals surface area contributed by atoms with Crippen molar-refractivity contribution in [1.82, 2.24) is 14.9 Å². The first-order valence-corrected chi connectivity index (χ1v) is 9.85. The van der Waals surface area contributed by atoms with Gasteiger partial charge in [0.2, 0.25) is 5.95 Å². The van der Waals surface area contributed by atoms with E-state index in [4.69, 9.17) is 4.74 Å². The van der Waals surface area contributed by atoms with Crippen molar-refractivity contribution < 1.29 is 14.3 Å². The average Bonchev–Trinajstić information content (AvgIpc) is 2.72. The predicted molar refractivity (Wildman–Crippen MR) is 111 cm³/mol. The monoisotopic (exact) mass is 397 g/mol. The maximum Gasteiger partial charge on any atom is 0.409 e. The molecule has 8 nitrogen and oxygen atoms in total. The van der Waals surface area contributed by atoms with Gasteiger partial charge in [-0.15, -0.1) is 0 Å². The van der Waals surface area contributed by atoms with Gasteiger partial charge < -0.3 is 20.3 Å². The number of piperidine rings is 1. The Balaban J connectivity index is 1.54. The lowest BCUT2D eigenvalue weighted by Crippen LogP contribution is -2.42. The second-order valence-electron chi connectivity index (χ2n) is 7.12. The summed E-state index contributed by atoms with van der Waals surface area (Å²) in [5.74, 6) is 0.236. The van der Waals surface area contributed by atoms with Crippen LogP contribution in [0.2, 0.25) is 0 Å². The summed E-state index contributed by atoms with van der Waals surface area (Å²) in [6.07, 6.45) is 4.35. The number of para-hydroxylation sites is 1. The zero-order valence-electron chi connectivity index (χ0n) is 17.1. The number of rotatable bonds is 5. The van der Waals surface area contributed by atoms with Crippen LogP contribution >= 0.6 is 0 Å². The van der Waals surface area contributed by atoms with E-state index in [0.717, 1.165) is 29.7 Å². The Morgan fingerprint density at radius 2 is 1.76 bits per heavy atom. The molecule has 1 aromatic carbocycles. The van der Waals surface area contributed by atoms with Crippen LogP contribution in [0.4, 0.5) is 16.4 Å². The Hall–Kier alpha value is -3.16. The molecule has 1 aliphatic heterocycles. The van der Waals surface area contributed by atoms with Crippen LogP contribution in [0.15, 0.2) is 30.6 Å². The molecular weight excluding hydrogens is 370 g/mol. The third-order valence-electron chi connectivity index (χ3n) is 4.99. The molecule has 8 heteroatoms. The quantitative estimate of drug-likeness (QED) is 0.803. The lowest BCUT2D eigenvalue weighted by Gasteiger charge is -2.31. The normalized spacial score (nSPS) is 14.4. The summed E-state index contributed by atoms with van der Waals surface area (Å²) in [6.45, 7) is 7.36. The highest BCUT2D eigenvalue weighted by molar-refractivity contribution is 6.04. The fourth-order valence-electron chi connectivity index (χ4n) is 3.32. The molecule has 0 saturated carbocycles. The topological polar surface area (TPSA) is 96.5 Å². The molecule has 0 unspecified atom stereocenters. The molecular formula is C21H27N5O3. The number of hydrogen-bond donors (Lipinski definition) is 2. The molecule has 1 aromatic heterocycles. The van der Waals surface area contributed by atoms with Gasteiger partial charge in [-0.25, -0.2) is 14.8 Å². The molecule has 2 aromatic rings. The standard InChI is InChI=1S/C21H27N5O3/c1-4-29-21(28)26-10-8-17(9-11-26)24-20-22-12-16(13-23-20)19(27)25-18-14(2)6-5-7-15(18)3/h5-7,12-13,17H,4,8-11H2,1-3H3,(H,25,27)(H,22,23,24). The minimum Gasteiger partial charge on any atom is -0.450 e. The summed E-state index contributed by atoms with van der Waals surface area (Å²) in [5, 5.41) is 6.21. The number of hydrogen-bond acceptors (Lipinski definition) is 6. The summed E-state index contributed by atoms with van der Waals surface area (Å²) in [7, 11) is 0. The fourth-order valence-corrected chi connectivity index (χ4v) is 3.32. The average molecular weight is 397 g/mol. The highest BCUT2D eigenvalue weighted by Gasteiger charge is 2.24. The van der Waals surface area contributed by atoms with Crippen LogP contribution in [-0.4, -0.2) is 52.6 Å². The van der Waals surface area contributed by atoms with E-state index in [2.05, 4.69) is 20.6 Å². The van der Waals surface area contributed by atoms with Crippen LogP contribution in [0.5, 0.6) is 0 Å². The Labute approximate surface area is 170 Å².